The summed E-state index contributed by atoms with van der Waals surface area (Å²) in [6.45, 7) is 10.8. The summed E-state index contributed by atoms with van der Waals surface area (Å²) in [6.07, 6.45) is 0.881. The second-order valence-electron chi connectivity index (χ2n) is 11.1. The highest BCUT2D eigenvalue weighted by Gasteiger charge is 2.69. The summed E-state index contributed by atoms with van der Waals surface area (Å²) in [5, 5.41) is 20.4. The molecule has 5 amide bonds. The van der Waals surface area contributed by atoms with Crippen LogP contribution in [0.5, 0.6) is 0 Å². The molecular formula is C23H36N6O4. The highest BCUT2D eigenvalue weighted by Crippen LogP contribution is 2.65. The van der Waals surface area contributed by atoms with Gasteiger partial charge in [-0.15, -0.1) is 0 Å². The summed E-state index contributed by atoms with van der Waals surface area (Å²) in [6, 6.07) is -0.718. The molecule has 0 aromatic heterocycles. The number of carbonyl (C=O) groups is 4. The molecule has 6 atom stereocenters. The van der Waals surface area contributed by atoms with E-state index < -0.39 is 29.6 Å². The molecule has 1 saturated carbocycles. The quantitative estimate of drug-likeness (QED) is 0.452. The van der Waals surface area contributed by atoms with Gasteiger partial charge in [0, 0.05) is 26.1 Å². The molecule has 10 nitrogen and oxygen atoms in total. The van der Waals surface area contributed by atoms with Crippen LogP contribution in [0, 0.1) is 39.9 Å². The second kappa shape index (κ2) is 8.84. The molecule has 182 valence electrons. The Bertz CT molecular complexity index is 873. The van der Waals surface area contributed by atoms with Crippen molar-refractivity contribution in [3.63, 3.8) is 0 Å². The molecule has 2 heterocycles. The van der Waals surface area contributed by atoms with Crippen LogP contribution in [0.15, 0.2) is 0 Å². The zero-order valence-corrected chi connectivity index (χ0v) is 20.3. The zero-order valence-electron chi connectivity index (χ0n) is 20.3. The van der Waals surface area contributed by atoms with Gasteiger partial charge >= 0.3 is 6.03 Å². The number of likely N-dealkylation sites (tertiary alicyclic amines) is 1. The van der Waals surface area contributed by atoms with E-state index in [1.165, 1.54) is 7.05 Å². The molecule has 3 rings (SSSR count). The van der Waals surface area contributed by atoms with E-state index in [0.717, 1.165) is 0 Å². The Morgan fingerprint density at radius 1 is 1.27 bits per heavy atom. The number of urea groups is 1. The fourth-order valence-corrected chi connectivity index (χ4v) is 5.39. The van der Waals surface area contributed by atoms with Crippen molar-refractivity contribution in [3.05, 3.63) is 0 Å². The average molecular weight is 461 g/mol. The minimum atomic E-state index is -0.817. The number of carbonyl (C=O) groups excluding carboxylic acids is 4. The number of fused-ring (bicyclic) bond motifs is 1. The standard InChI is InChI=1S/C23H36N6O4/c1-22(2,3)17(28-21(33)25-6)20(32)29-11-14-15(23(14,4)5)16(29)19(31)27-13(10-24)9-12-7-8-26-18(12)30/h12-17H,7-9,11H2,1-6H3,(H,26,30)(H,27,31)(H2,25,28,33)/t12-,13-,14-,15-,16-,17+/m0/s1. The van der Waals surface area contributed by atoms with Crippen LogP contribution in [-0.2, 0) is 14.4 Å². The highest BCUT2D eigenvalue weighted by atomic mass is 16.2. The Morgan fingerprint density at radius 2 is 1.94 bits per heavy atom. The summed E-state index contributed by atoms with van der Waals surface area (Å²) in [7, 11) is 1.48. The summed E-state index contributed by atoms with van der Waals surface area (Å²) in [5.41, 5.74) is -0.657. The normalized spacial score (nSPS) is 29.2. The summed E-state index contributed by atoms with van der Waals surface area (Å²) >= 11 is 0. The fraction of sp³-hybridized carbons (Fsp3) is 0.783. The summed E-state index contributed by atoms with van der Waals surface area (Å²) in [5.74, 6) is -0.922. The van der Waals surface area contributed by atoms with Crippen molar-refractivity contribution < 1.29 is 19.2 Å². The van der Waals surface area contributed by atoms with E-state index in [-0.39, 0.29) is 47.3 Å². The van der Waals surface area contributed by atoms with Crippen LogP contribution in [0.25, 0.3) is 0 Å². The van der Waals surface area contributed by atoms with Gasteiger partial charge in [0.2, 0.25) is 17.7 Å². The third-order valence-electron chi connectivity index (χ3n) is 7.53. The van der Waals surface area contributed by atoms with Crippen molar-refractivity contribution in [1.29, 1.82) is 5.26 Å². The van der Waals surface area contributed by atoms with Crippen molar-refractivity contribution in [1.82, 2.24) is 26.2 Å². The van der Waals surface area contributed by atoms with E-state index in [1.54, 1.807) is 4.90 Å². The largest absolute Gasteiger partial charge is 0.356 e. The van der Waals surface area contributed by atoms with Crippen LogP contribution >= 0.6 is 0 Å². The lowest BCUT2D eigenvalue weighted by Gasteiger charge is -2.37. The van der Waals surface area contributed by atoms with Crippen molar-refractivity contribution in [2.45, 2.75) is 65.6 Å². The first-order chi connectivity index (χ1) is 15.3. The predicted molar refractivity (Wildman–Crippen MR) is 120 cm³/mol. The number of nitrogens with zero attached hydrogens (tertiary/aromatic N) is 2. The van der Waals surface area contributed by atoms with Crippen molar-refractivity contribution in [3.8, 4) is 6.07 Å². The van der Waals surface area contributed by atoms with Gasteiger partial charge in [-0.3, -0.25) is 14.4 Å². The SMILES string of the molecule is CNC(=O)N[C@H](C(=O)N1C[C@H]2[C@@H]([C@H]1C(=O)N[C@H](C#N)C[C@@H]1CCNC1=O)C2(C)C)C(C)(C)C. The van der Waals surface area contributed by atoms with E-state index in [4.69, 9.17) is 0 Å². The molecule has 33 heavy (non-hydrogen) atoms. The van der Waals surface area contributed by atoms with Crippen LogP contribution in [0.2, 0.25) is 0 Å². The summed E-state index contributed by atoms with van der Waals surface area (Å²) < 4.78 is 0. The van der Waals surface area contributed by atoms with Crippen LogP contribution in [0.3, 0.4) is 0 Å². The molecule has 2 saturated heterocycles. The summed E-state index contributed by atoms with van der Waals surface area (Å²) in [4.78, 5) is 52.5. The predicted octanol–water partition coefficient (Wildman–Crippen LogP) is 0.348. The molecule has 0 aromatic carbocycles. The first-order valence-corrected chi connectivity index (χ1v) is 11.6. The third kappa shape index (κ3) is 4.77. The van der Waals surface area contributed by atoms with Crippen LogP contribution in [0.1, 0.15) is 47.5 Å². The van der Waals surface area contributed by atoms with Gasteiger partial charge in [-0.2, -0.15) is 5.26 Å². The second-order valence-corrected chi connectivity index (χ2v) is 11.1. The molecular weight excluding hydrogens is 424 g/mol. The number of piperidine rings is 1. The fourth-order valence-electron chi connectivity index (χ4n) is 5.39. The van der Waals surface area contributed by atoms with Crippen molar-refractivity contribution in [2.24, 2.45) is 28.6 Å². The Labute approximate surface area is 195 Å². The Hall–Kier alpha value is -2.83. The number of nitriles is 1. The minimum absolute atomic E-state index is 0.0174. The van der Waals surface area contributed by atoms with E-state index in [0.29, 0.717) is 19.5 Å². The Balaban J connectivity index is 1.79. The molecule has 10 heteroatoms. The van der Waals surface area contributed by atoms with Gasteiger partial charge in [0.25, 0.3) is 0 Å². The van der Waals surface area contributed by atoms with Crippen LogP contribution in [-0.4, -0.2) is 66.9 Å². The van der Waals surface area contributed by atoms with Crippen molar-refractivity contribution in [2.75, 3.05) is 20.1 Å². The van der Waals surface area contributed by atoms with Crippen LogP contribution in [0.4, 0.5) is 4.79 Å². The lowest BCUT2D eigenvalue weighted by molar-refractivity contribution is -0.143. The van der Waals surface area contributed by atoms with E-state index in [9.17, 15) is 24.4 Å². The number of rotatable bonds is 6. The smallest absolute Gasteiger partial charge is 0.315 e. The average Bonchev–Trinajstić information content (AvgIpc) is 3.11. The monoisotopic (exact) mass is 460 g/mol. The van der Waals surface area contributed by atoms with Gasteiger partial charge in [-0.1, -0.05) is 34.6 Å². The molecule has 1 aliphatic carbocycles. The molecule has 3 fully saturated rings. The van der Waals surface area contributed by atoms with E-state index >= 15 is 0 Å². The maximum Gasteiger partial charge on any atom is 0.315 e. The first-order valence-electron chi connectivity index (χ1n) is 11.6. The van der Waals surface area contributed by atoms with Gasteiger partial charge in [-0.05, 0) is 35.5 Å². The third-order valence-corrected chi connectivity index (χ3v) is 7.53. The van der Waals surface area contributed by atoms with Gasteiger partial charge in [0.05, 0.1) is 6.07 Å². The topological polar surface area (TPSA) is 143 Å². The van der Waals surface area contributed by atoms with Gasteiger partial charge in [0.15, 0.2) is 0 Å². The Morgan fingerprint density at radius 3 is 2.45 bits per heavy atom. The highest BCUT2D eigenvalue weighted by molar-refractivity contribution is 5.94. The van der Waals surface area contributed by atoms with Crippen molar-refractivity contribution >= 4 is 23.8 Å². The van der Waals surface area contributed by atoms with E-state index in [2.05, 4.69) is 41.2 Å². The van der Waals surface area contributed by atoms with Gasteiger partial charge in [0.1, 0.15) is 18.1 Å². The number of hydrogen-bond donors (Lipinski definition) is 4. The maximum absolute atomic E-state index is 13.6. The number of hydrogen-bond acceptors (Lipinski definition) is 5. The number of nitrogens with one attached hydrogen (secondary N) is 4. The minimum Gasteiger partial charge on any atom is -0.356 e. The molecule has 2 aliphatic heterocycles. The molecule has 0 unspecified atom stereocenters. The van der Waals surface area contributed by atoms with Gasteiger partial charge < -0.3 is 26.2 Å². The number of amides is 5. The molecule has 0 bridgehead atoms. The Kier molecular flexibility index (Phi) is 6.65. The van der Waals surface area contributed by atoms with Gasteiger partial charge in [-0.25, -0.2) is 4.79 Å². The molecule has 4 N–H and O–H groups in total. The molecule has 3 aliphatic rings. The first kappa shape index (κ1) is 24.8. The van der Waals surface area contributed by atoms with E-state index in [1.807, 2.05) is 20.8 Å². The molecule has 0 spiro atoms. The lowest BCUT2D eigenvalue weighted by Crippen LogP contribution is -2.60. The zero-order chi connectivity index (χ0) is 24.7. The molecule has 0 radical (unpaired) electrons. The molecule has 0 aromatic rings. The van der Waals surface area contributed by atoms with Crippen LogP contribution < -0.4 is 21.3 Å². The maximum atomic E-state index is 13.6. The lowest BCUT2D eigenvalue weighted by atomic mass is 9.85.